The molecule has 5 nitrogen and oxygen atoms in total. The molecule has 18 heavy (non-hydrogen) atoms. The van der Waals surface area contributed by atoms with Crippen LogP contribution in [0.15, 0.2) is 36.7 Å². The number of aryl methyl sites for hydroxylation is 1. The zero-order valence-electron chi connectivity index (χ0n) is 10.3. The molecule has 0 fully saturated rings. The Morgan fingerprint density at radius 1 is 1.44 bits per heavy atom. The SMILES string of the molecule is CN(C(=O)CCc1ccc[nH]1)c1ccc(N)nc1. The van der Waals surface area contributed by atoms with E-state index >= 15 is 0 Å². The summed E-state index contributed by atoms with van der Waals surface area (Å²) < 4.78 is 0. The van der Waals surface area contributed by atoms with E-state index in [4.69, 9.17) is 5.73 Å². The number of anilines is 2. The van der Waals surface area contributed by atoms with Crippen molar-refractivity contribution in [2.75, 3.05) is 17.7 Å². The lowest BCUT2D eigenvalue weighted by Gasteiger charge is -2.16. The molecule has 2 heterocycles. The van der Waals surface area contributed by atoms with E-state index in [1.165, 1.54) is 0 Å². The van der Waals surface area contributed by atoms with E-state index in [9.17, 15) is 4.79 Å². The van der Waals surface area contributed by atoms with Gasteiger partial charge >= 0.3 is 0 Å². The summed E-state index contributed by atoms with van der Waals surface area (Å²) in [6, 6.07) is 7.37. The van der Waals surface area contributed by atoms with E-state index in [0.29, 0.717) is 18.7 Å². The van der Waals surface area contributed by atoms with Gasteiger partial charge in [-0.25, -0.2) is 4.98 Å². The van der Waals surface area contributed by atoms with Gasteiger partial charge in [0.25, 0.3) is 0 Å². The molecule has 2 aromatic heterocycles. The molecule has 2 aromatic rings. The maximum Gasteiger partial charge on any atom is 0.227 e. The highest BCUT2D eigenvalue weighted by Gasteiger charge is 2.11. The molecule has 0 spiro atoms. The minimum absolute atomic E-state index is 0.0520. The van der Waals surface area contributed by atoms with Gasteiger partial charge in [0.05, 0.1) is 11.9 Å². The Labute approximate surface area is 106 Å². The zero-order valence-corrected chi connectivity index (χ0v) is 10.3. The lowest BCUT2D eigenvalue weighted by atomic mass is 10.2. The number of nitrogens with two attached hydrogens (primary N) is 1. The predicted octanol–water partition coefficient (Wildman–Crippen LogP) is 1.59. The largest absolute Gasteiger partial charge is 0.384 e. The molecule has 5 heteroatoms. The summed E-state index contributed by atoms with van der Waals surface area (Å²) in [5.74, 6) is 0.502. The molecule has 0 unspecified atom stereocenters. The fourth-order valence-corrected chi connectivity index (χ4v) is 1.67. The van der Waals surface area contributed by atoms with Crippen molar-refractivity contribution >= 4 is 17.4 Å². The second kappa shape index (κ2) is 5.35. The van der Waals surface area contributed by atoms with Crippen LogP contribution in [0.1, 0.15) is 12.1 Å². The quantitative estimate of drug-likeness (QED) is 0.857. The third kappa shape index (κ3) is 2.88. The number of rotatable bonds is 4. The fraction of sp³-hybridized carbons (Fsp3) is 0.231. The van der Waals surface area contributed by atoms with Crippen molar-refractivity contribution in [1.29, 1.82) is 0 Å². The third-order valence-corrected chi connectivity index (χ3v) is 2.80. The first kappa shape index (κ1) is 12.2. The minimum Gasteiger partial charge on any atom is -0.384 e. The van der Waals surface area contributed by atoms with Crippen LogP contribution in [0.2, 0.25) is 0 Å². The van der Waals surface area contributed by atoms with Crippen LogP contribution in [0.3, 0.4) is 0 Å². The molecule has 2 rings (SSSR count). The summed E-state index contributed by atoms with van der Waals surface area (Å²) in [4.78, 5) is 20.6. The van der Waals surface area contributed by atoms with E-state index in [1.54, 1.807) is 30.3 Å². The Bertz CT molecular complexity index is 504. The van der Waals surface area contributed by atoms with Crippen molar-refractivity contribution < 1.29 is 4.79 Å². The number of amides is 1. The maximum absolute atomic E-state index is 12.0. The van der Waals surface area contributed by atoms with Crippen molar-refractivity contribution in [1.82, 2.24) is 9.97 Å². The van der Waals surface area contributed by atoms with Gasteiger partial charge < -0.3 is 15.6 Å². The van der Waals surface area contributed by atoms with Crippen LogP contribution in [0.25, 0.3) is 0 Å². The number of nitrogen functional groups attached to an aromatic ring is 1. The first-order valence-corrected chi connectivity index (χ1v) is 5.77. The van der Waals surface area contributed by atoms with Gasteiger partial charge in [-0.1, -0.05) is 0 Å². The number of H-pyrrole nitrogens is 1. The van der Waals surface area contributed by atoms with E-state index < -0.39 is 0 Å². The number of carbonyl (C=O) groups is 1. The van der Waals surface area contributed by atoms with Crippen LogP contribution in [-0.4, -0.2) is 22.9 Å². The Kier molecular flexibility index (Phi) is 3.62. The molecule has 0 aliphatic heterocycles. The molecule has 0 atom stereocenters. The smallest absolute Gasteiger partial charge is 0.227 e. The monoisotopic (exact) mass is 244 g/mol. The van der Waals surface area contributed by atoms with Gasteiger partial charge in [0.15, 0.2) is 0 Å². The normalized spacial score (nSPS) is 10.3. The molecule has 0 radical (unpaired) electrons. The van der Waals surface area contributed by atoms with Crippen molar-refractivity contribution in [3.63, 3.8) is 0 Å². The minimum atomic E-state index is 0.0520. The van der Waals surface area contributed by atoms with Gasteiger partial charge in [0, 0.05) is 25.4 Å². The van der Waals surface area contributed by atoms with Gasteiger partial charge in [-0.15, -0.1) is 0 Å². The summed E-state index contributed by atoms with van der Waals surface area (Å²) in [5, 5.41) is 0. The number of pyridine rings is 1. The van der Waals surface area contributed by atoms with Gasteiger partial charge in [-0.2, -0.15) is 0 Å². The van der Waals surface area contributed by atoms with Crippen LogP contribution < -0.4 is 10.6 Å². The average Bonchev–Trinajstić information content (AvgIpc) is 2.89. The van der Waals surface area contributed by atoms with Gasteiger partial charge in [0.2, 0.25) is 5.91 Å². The number of aromatic amines is 1. The van der Waals surface area contributed by atoms with Crippen molar-refractivity contribution in [3.8, 4) is 0 Å². The van der Waals surface area contributed by atoms with Crippen LogP contribution in [0, 0.1) is 0 Å². The Balaban J connectivity index is 1.94. The predicted molar refractivity (Wildman–Crippen MR) is 71.2 cm³/mol. The molecule has 0 saturated carbocycles. The standard InChI is InChI=1S/C13H16N4O/c1-17(11-5-6-12(14)16-9-11)13(18)7-4-10-3-2-8-15-10/h2-3,5-6,8-9,15H,4,7H2,1H3,(H2,14,16). The van der Waals surface area contributed by atoms with Crippen LogP contribution in [-0.2, 0) is 11.2 Å². The first-order chi connectivity index (χ1) is 8.66. The lowest BCUT2D eigenvalue weighted by molar-refractivity contribution is -0.118. The zero-order chi connectivity index (χ0) is 13.0. The van der Waals surface area contributed by atoms with Crippen LogP contribution >= 0.6 is 0 Å². The number of hydrogen-bond donors (Lipinski definition) is 2. The molecule has 0 aliphatic rings. The summed E-state index contributed by atoms with van der Waals surface area (Å²) in [7, 11) is 1.74. The van der Waals surface area contributed by atoms with E-state index in [1.807, 2.05) is 18.3 Å². The van der Waals surface area contributed by atoms with E-state index in [-0.39, 0.29) is 5.91 Å². The topological polar surface area (TPSA) is 75.0 Å². The Morgan fingerprint density at radius 3 is 2.89 bits per heavy atom. The Morgan fingerprint density at radius 2 is 2.28 bits per heavy atom. The van der Waals surface area contributed by atoms with Crippen LogP contribution in [0.4, 0.5) is 11.5 Å². The molecule has 94 valence electrons. The van der Waals surface area contributed by atoms with Gasteiger partial charge in [0.1, 0.15) is 5.82 Å². The van der Waals surface area contributed by atoms with E-state index in [2.05, 4.69) is 9.97 Å². The third-order valence-electron chi connectivity index (χ3n) is 2.80. The van der Waals surface area contributed by atoms with Crippen LogP contribution in [0.5, 0.6) is 0 Å². The molecular weight excluding hydrogens is 228 g/mol. The van der Waals surface area contributed by atoms with Gasteiger partial charge in [-0.3, -0.25) is 4.79 Å². The molecule has 0 aliphatic carbocycles. The first-order valence-electron chi connectivity index (χ1n) is 5.77. The van der Waals surface area contributed by atoms with E-state index in [0.717, 1.165) is 11.4 Å². The molecule has 0 aromatic carbocycles. The fourth-order valence-electron chi connectivity index (χ4n) is 1.67. The molecule has 0 bridgehead atoms. The highest BCUT2D eigenvalue weighted by Crippen LogP contribution is 2.13. The second-order valence-corrected chi connectivity index (χ2v) is 4.09. The number of carbonyl (C=O) groups excluding carboxylic acids is 1. The summed E-state index contributed by atoms with van der Waals surface area (Å²) in [6.07, 6.45) is 4.62. The lowest BCUT2D eigenvalue weighted by Crippen LogP contribution is -2.26. The molecule has 3 N–H and O–H groups in total. The second-order valence-electron chi connectivity index (χ2n) is 4.09. The summed E-state index contributed by atoms with van der Waals surface area (Å²) >= 11 is 0. The highest BCUT2D eigenvalue weighted by molar-refractivity contribution is 5.92. The maximum atomic E-state index is 12.0. The summed E-state index contributed by atoms with van der Waals surface area (Å²) in [6.45, 7) is 0. The van der Waals surface area contributed by atoms with Crippen molar-refractivity contribution in [2.24, 2.45) is 0 Å². The molecular formula is C13H16N4O. The molecule has 1 amide bonds. The summed E-state index contributed by atoms with van der Waals surface area (Å²) in [5.41, 5.74) is 7.32. The molecule has 0 saturated heterocycles. The van der Waals surface area contributed by atoms with Crippen molar-refractivity contribution in [2.45, 2.75) is 12.8 Å². The number of nitrogens with zero attached hydrogens (tertiary/aromatic N) is 2. The Hall–Kier alpha value is -2.30. The average molecular weight is 244 g/mol. The van der Waals surface area contributed by atoms with Crippen molar-refractivity contribution in [3.05, 3.63) is 42.4 Å². The number of aromatic nitrogens is 2. The highest BCUT2D eigenvalue weighted by atomic mass is 16.2. The number of nitrogens with one attached hydrogen (secondary N) is 1. The number of hydrogen-bond acceptors (Lipinski definition) is 3. The van der Waals surface area contributed by atoms with Gasteiger partial charge in [-0.05, 0) is 30.7 Å².